The molecule has 3 aromatic carbocycles. The number of benzene rings is 3. The van der Waals surface area contributed by atoms with Gasteiger partial charge in [0.1, 0.15) is 0 Å². The fourth-order valence-electron chi connectivity index (χ4n) is 6.38. The number of hydrogen-bond acceptors (Lipinski definition) is 3. The van der Waals surface area contributed by atoms with Crippen LogP contribution in [-0.4, -0.2) is 23.0 Å². The second-order valence-electron chi connectivity index (χ2n) is 8.69. The molecule has 1 N–H and O–H groups in total. The second-order valence-corrected chi connectivity index (χ2v) is 9.93. The normalized spacial score (nSPS) is 28.9. The van der Waals surface area contributed by atoms with Gasteiger partial charge in [-0.05, 0) is 76.0 Å². The molecule has 7 rings (SSSR count). The predicted molar refractivity (Wildman–Crippen MR) is 126 cm³/mol. The molecule has 2 amide bonds. The standard InChI is InChI=1S/C26H20INO3/c1-14(29)26-19-8-4-2-6-17(19)21(18-7-3-5-9-20(18)26)22-23(26)25(31)28(24(22)30)16-12-10-15(27)11-13-16/h2-14,21-23,29H,1H3/t14-,21?,22+,23+,26?/m0/s1. The van der Waals surface area contributed by atoms with Crippen LogP contribution in [0.1, 0.15) is 35.1 Å². The van der Waals surface area contributed by atoms with Gasteiger partial charge in [0.25, 0.3) is 0 Å². The quantitative estimate of drug-likeness (QED) is 0.406. The Morgan fingerprint density at radius 1 is 0.871 bits per heavy atom. The van der Waals surface area contributed by atoms with E-state index in [9.17, 15) is 14.7 Å². The lowest BCUT2D eigenvalue weighted by atomic mass is 9.46. The third-order valence-corrected chi connectivity index (χ3v) is 8.15. The number of nitrogens with zero attached hydrogens (tertiary/aromatic N) is 1. The summed E-state index contributed by atoms with van der Waals surface area (Å²) in [7, 11) is 0. The number of rotatable bonds is 2. The van der Waals surface area contributed by atoms with Gasteiger partial charge < -0.3 is 5.11 Å². The maximum atomic E-state index is 13.9. The first-order valence-electron chi connectivity index (χ1n) is 10.5. The molecule has 1 heterocycles. The average Bonchev–Trinajstić information content (AvgIpc) is 3.05. The van der Waals surface area contributed by atoms with E-state index in [2.05, 4.69) is 34.7 Å². The van der Waals surface area contributed by atoms with Crippen LogP contribution in [0.3, 0.4) is 0 Å². The lowest BCUT2D eigenvalue weighted by Gasteiger charge is -2.55. The number of carbonyl (C=O) groups excluding carboxylic acids is 2. The Balaban J connectivity index is 1.66. The molecule has 5 heteroatoms. The van der Waals surface area contributed by atoms with Crippen molar-refractivity contribution >= 4 is 40.1 Å². The highest BCUT2D eigenvalue weighted by Gasteiger charge is 2.69. The van der Waals surface area contributed by atoms with Crippen LogP contribution in [-0.2, 0) is 15.0 Å². The summed E-state index contributed by atoms with van der Waals surface area (Å²) >= 11 is 2.21. The molecule has 0 radical (unpaired) electrons. The number of imide groups is 1. The smallest absolute Gasteiger partial charge is 0.239 e. The summed E-state index contributed by atoms with van der Waals surface area (Å²) in [6.07, 6.45) is -0.836. The Labute approximate surface area is 194 Å². The second kappa shape index (κ2) is 6.50. The van der Waals surface area contributed by atoms with Crippen molar-refractivity contribution in [2.45, 2.75) is 24.4 Å². The summed E-state index contributed by atoms with van der Waals surface area (Å²) in [5, 5.41) is 11.3. The van der Waals surface area contributed by atoms with E-state index < -0.39 is 23.4 Å². The van der Waals surface area contributed by atoms with Gasteiger partial charge in [0.15, 0.2) is 0 Å². The molecule has 1 saturated heterocycles. The molecule has 3 atom stereocenters. The molecular formula is C26H20INO3. The third-order valence-electron chi connectivity index (χ3n) is 7.43. The van der Waals surface area contributed by atoms with Gasteiger partial charge in [-0.15, -0.1) is 0 Å². The molecule has 4 aliphatic rings. The lowest BCUT2D eigenvalue weighted by Crippen LogP contribution is -2.58. The minimum absolute atomic E-state index is 0.171. The summed E-state index contributed by atoms with van der Waals surface area (Å²) in [5.74, 6) is -1.73. The van der Waals surface area contributed by atoms with Crippen molar-refractivity contribution in [1.29, 1.82) is 0 Å². The van der Waals surface area contributed by atoms with Crippen molar-refractivity contribution in [1.82, 2.24) is 0 Å². The summed E-state index contributed by atoms with van der Waals surface area (Å²) in [6, 6.07) is 23.5. The number of amides is 2. The fourth-order valence-corrected chi connectivity index (χ4v) is 6.74. The van der Waals surface area contributed by atoms with Gasteiger partial charge in [0, 0.05) is 9.49 Å². The van der Waals surface area contributed by atoms with Gasteiger partial charge in [0.2, 0.25) is 11.8 Å². The number of carbonyl (C=O) groups is 2. The average molecular weight is 521 g/mol. The fraction of sp³-hybridized carbons (Fsp3) is 0.231. The number of hydrogen-bond donors (Lipinski definition) is 1. The molecule has 4 nitrogen and oxygen atoms in total. The Hall–Kier alpha value is -2.51. The van der Waals surface area contributed by atoms with E-state index in [-0.39, 0.29) is 17.7 Å². The monoisotopic (exact) mass is 521 g/mol. The Kier molecular flexibility index (Phi) is 4.02. The predicted octanol–water partition coefficient (Wildman–Crippen LogP) is 4.22. The van der Waals surface area contributed by atoms with Crippen LogP contribution in [0, 0.1) is 15.4 Å². The number of anilines is 1. The molecule has 31 heavy (non-hydrogen) atoms. The van der Waals surface area contributed by atoms with E-state index in [1.54, 1.807) is 6.92 Å². The zero-order valence-corrected chi connectivity index (χ0v) is 19.0. The maximum Gasteiger partial charge on any atom is 0.239 e. The SMILES string of the molecule is C[C@H](O)C12c3ccccc3C(c3ccccc31)[C@H]1C(=O)N(c3ccc(I)cc3)C(=O)[C@@H]12. The Bertz CT molecular complexity index is 1200. The molecule has 0 unspecified atom stereocenters. The first-order valence-corrected chi connectivity index (χ1v) is 11.6. The van der Waals surface area contributed by atoms with Crippen LogP contribution in [0.25, 0.3) is 0 Å². The minimum Gasteiger partial charge on any atom is -0.392 e. The van der Waals surface area contributed by atoms with E-state index in [1.807, 2.05) is 60.7 Å². The van der Waals surface area contributed by atoms with Crippen molar-refractivity contribution in [2.75, 3.05) is 4.90 Å². The number of aliphatic hydroxyl groups excluding tert-OH is 1. The summed E-state index contributed by atoms with van der Waals surface area (Å²) in [5.41, 5.74) is 3.69. The lowest BCUT2D eigenvalue weighted by molar-refractivity contribution is -0.126. The molecule has 0 aromatic heterocycles. The topological polar surface area (TPSA) is 57.6 Å². The molecule has 3 aromatic rings. The Morgan fingerprint density at radius 3 is 1.97 bits per heavy atom. The van der Waals surface area contributed by atoms with E-state index in [4.69, 9.17) is 0 Å². The van der Waals surface area contributed by atoms with Gasteiger partial charge in [-0.2, -0.15) is 0 Å². The zero-order chi connectivity index (χ0) is 21.5. The van der Waals surface area contributed by atoms with Crippen LogP contribution >= 0.6 is 22.6 Å². The largest absolute Gasteiger partial charge is 0.392 e. The van der Waals surface area contributed by atoms with Crippen molar-refractivity contribution in [3.8, 4) is 0 Å². The molecule has 0 saturated carbocycles. The molecule has 3 aliphatic carbocycles. The highest BCUT2D eigenvalue weighted by atomic mass is 127. The number of halogens is 1. The van der Waals surface area contributed by atoms with Crippen LogP contribution < -0.4 is 4.90 Å². The zero-order valence-electron chi connectivity index (χ0n) is 16.8. The van der Waals surface area contributed by atoms with E-state index in [1.165, 1.54) is 4.90 Å². The van der Waals surface area contributed by atoms with E-state index >= 15 is 0 Å². The molecular weight excluding hydrogens is 501 g/mol. The van der Waals surface area contributed by atoms with Crippen molar-refractivity contribution in [2.24, 2.45) is 11.8 Å². The van der Waals surface area contributed by atoms with Crippen LogP contribution in [0.4, 0.5) is 5.69 Å². The van der Waals surface area contributed by atoms with Gasteiger partial charge >= 0.3 is 0 Å². The minimum atomic E-state index is -0.947. The van der Waals surface area contributed by atoms with Gasteiger partial charge in [-0.1, -0.05) is 48.5 Å². The first-order chi connectivity index (χ1) is 15.0. The van der Waals surface area contributed by atoms with Gasteiger partial charge in [-0.25, -0.2) is 4.90 Å². The van der Waals surface area contributed by atoms with Crippen molar-refractivity contribution in [3.63, 3.8) is 0 Å². The van der Waals surface area contributed by atoms with E-state index in [0.29, 0.717) is 5.69 Å². The molecule has 0 spiro atoms. The van der Waals surface area contributed by atoms with Crippen LogP contribution in [0.15, 0.2) is 72.8 Å². The number of aliphatic hydroxyl groups is 1. The van der Waals surface area contributed by atoms with Crippen LogP contribution in [0.5, 0.6) is 0 Å². The van der Waals surface area contributed by atoms with Crippen molar-refractivity contribution < 1.29 is 14.7 Å². The van der Waals surface area contributed by atoms with Crippen LogP contribution in [0.2, 0.25) is 0 Å². The van der Waals surface area contributed by atoms with Gasteiger partial charge in [0.05, 0.1) is 29.0 Å². The highest BCUT2D eigenvalue weighted by Crippen LogP contribution is 2.65. The summed E-state index contributed by atoms with van der Waals surface area (Å²) < 4.78 is 1.04. The first kappa shape index (κ1) is 19.2. The highest BCUT2D eigenvalue weighted by molar-refractivity contribution is 14.1. The molecule has 2 bridgehead atoms. The summed E-state index contributed by atoms with van der Waals surface area (Å²) in [6.45, 7) is 1.75. The third kappa shape index (κ3) is 2.23. The van der Waals surface area contributed by atoms with Crippen molar-refractivity contribution in [3.05, 3.63) is 98.6 Å². The Morgan fingerprint density at radius 2 is 1.42 bits per heavy atom. The van der Waals surface area contributed by atoms with E-state index in [0.717, 1.165) is 25.8 Å². The molecule has 154 valence electrons. The van der Waals surface area contributed by atoms with Gasteiger partial charge in [-0.3, -0.25) is 9.59 Å². The maximum absolute atomic E-state index is 13.9. The summed E-state index contributed by atoms with van der Waals surface area (Å²) in [4.78, 5) is 29.1. The molecule has 1 fully saturated rings. The molecule has 1 aliphatic heterocycles.